The second-order valence-corrected chi connectivity index (χ2v) is 4.93. The molecule has 0 amide bonds. The third-order valence-corrected chi connectivity index (χ3v) is 3.26. The maximum atomic E-state index is 5.83. The Morgan fingerprint density at radius 1 is 1.24 bits per heavy atom. The summed E-state index contributed by atoms with van der Waals surface area (Å²) in [6.07, 6.45) is 9.40. The van der Waals surface area contributed by atoms with E-state index in [2.05, 4.69) is 34.4 Å². The van der Waals surface area contributed by atoms with Gasteiger partial charge < -0.3 is 15.6 Å². The number of rotatable bonds is 10. The van der Waals surface area contributed by atoms with Crippen LogP contribution in [-0.4, -0.2) is 27.3 Å². The number of hydrogen-bond acceptors (Lipinski definition) is 3. The van der Waals surface area contributed by atoms with Crippen molar-refractivity contribution in [3.8, 4) is 0 Å². The summed E-state index contributed by atoms with van der Waals surface area (Å²) in [5, 5.41) is 11.0. The van der Waals surface area contributed by atoms with Gasteiger partial charge in [-0.05, 0) is 13.3 Å². The normalized spacial score (nSPS) is 11.2. The summed E-state index contributed by atoms with van der Waals surface area (Å²) in [4.78, 5) is 4.28. The zero-order chi connectivity index (χ0) is 14.6. The van der Waals surface area contributed by atoms with Gasteiger partial charge in [0.1, 0.15) is 12.9 Å². The number of nitrogens with two attached hydrogens (primary N) is 1. The standard InChI is InChI=1S/C14H28N6.HI/c1-3-5-6-7-8-9-10-16-14(15)17-11-13-19-18-12-20(13)4-2;/h12H,3-11H2,1-2H3,(H3,15,16,17);1H. The lowest BCUT2D eigenvalue weighted by Gasteiger charge is -2.06. The largest absolute Gasteiger partial charge is 0.370 e. The van der Waals surface area contributed by atoms with Crippen molar-refractivity contribution in [1.82, 2.24) is 20.1 Å². The summed E-state index contributed by atoms with van der Waals surface area (Å²) in [5.41, 5.74) is 5.83. The SMILES string of the molecule is CCCCCCCCNC(N)=NCc1nncn1CC.I. The molecular formula is C14H29IN6. The Labute approximate surface area is 145 Å². The van der Waals surface area contributed by atoms with Crippen LogP contribution in [0.1, 0.15) is 58.2 Å². The molecule has 0 unspecified atom stereocenters. The molecule has 1 rings (SSSR count). The van der Waals surface area contributed by atoms with E-state index in [1.807, 2.05) is 4.57 Å². The molecule has 0 spiro atoms. The van der Waals surface area contributed by atoms with E-state index in [4.69, 9.17) is 5.73 Å². The minimum absolute atomic E-state index is 0. The van der Waals surface area contributed by atoms with E-state index in [9.17, 15) is 0 Å². The van der Waals surface area contributed by atoms with Crippen LogP contribution >= 0.6 is 24.0 Å². The van der Waals surface area contributed by atoms with Gasteiger partial charge in [0.2, 0.25) is 0 Å². The van der Waals surface area contributed by atoms with Gasteiger partial charge in [0.25, 0.3) is 0 Å². The van der Waals surface area contributed by atoms with Gasteiger partial charge in [-0.1, -0.05) is 39.0 Å². The number of aliphatic imine (C=N–C) groups is 1. The molecule has 1 aromatic heterocycles. The number of aryl methyl sites for hydroxylation is 1. The molecule has 1 aromatic rings. The molecule has 1 heterocycles. The van der Waals surface area contributed by atoms with Crippen molar-refractivity contribution in [2.45, 2.75) is 65.5 Å². The number of unbranched alkanes of at least 4 members (excludes halogenated alkanes) is 5. The average Bonchev–Trinajstić information content (AvgIpc) is 2.91. The molecule has 0 saturated heterocycles. The lowest BCUT2D eigenvalue weighted by Crippen LogP contribution is -2.32. The van der Waals surface area contributed by atoms with Gasteiger partial charge in [-0.3, -0.25) is 0 Å². The number of hydrogen-bond donors (Lipinski definition) is 2. The smallest absolute Gasteiger partial charge is 0.189 e. The zero-order valence-electron chi connectivity index (χ0n) is 13.2. The Kier molecular flexibility index (Phi) is 12.3. The monoisotopic (exact) mass is 408 g/mol. The molecule has 7 heteroatoms. The van der Waals surface area contributed by atoms with Crippen LogP contribution in [0.2, 0.25) is 0 Å². The fraction of sp³-hybridized carbons (Fsp3) is 0.786. The maximum Gasteiger partial charge on any atom is 0.189 e. The van der Waals surface area contributed by atoms with Crippen LogP contribution in [0.25, 0.3) is 0 Å². The topological polar surface area (TPSA) is 81.1 Å². The molecule has 0 saturated carbocycles. The van der Waals surface area contributed by atoms with Crippen molar-refractivity contribution in [2.24, 2.45) is 10.7 Å². The Hall–Kier alpha value is -0.860. The predicted molar refractivity (Wildman–Crippen MR) is 97.8 cm³/mol. The average molecular weight is 408 g/mol. The quantitative estimate of drug-likeness (QED) is 0.270. The van der Waals surface area contributed by atoms with E-state index >= 15 is 0 Å². The molecule has 0 fully saturated rings. The third-order valence-electron chi connectivity index (χ3n) is 3.26. The van der Waals surface area contributed by atoms with Gasteiger partial charge in [0.15, 0.2) is 11.8 Å². The first-order valence-electron chi connectivity index (χ1n) is 7.68. The minimum Gasteiger partial charge on any atom is -0.370 e. The van der Waals surface area contributed by atoms with E-state index < -0.39 is 0 Å². The lowest BCUT2D eigenvalue weighted by molar-refractivity contribution is 0.601. The Balaban J connectivity index is 0.00000400. The highest BCUT2D eigenvalue weighted by molar-refractivity contribution is 14.0. The molecule has 3 N–H and O–H groups in total. The molecule has 0 bridgehead atoms. The number of guanidine groups is 1. The fourth-order valence-corrected chi connectivity index (χ4v) is 2.00. The van der Waals surface area contributed by atoms with Crippen molar-refractivity contribution in [2.75, 3.05) is 6.54 Å². The van der Waals surface area contributed by atoms with Gasteiger partial charge in [-0.2, -0.15) is 0 Å². The number of halogens is 1. The molecule has 0 atom stereocenters. The van der Waals surface area contributed by atoms with Crippen molar-refractivity contribution in [3.63, 3.8) is 0 Å². The van der Waals surface area contributed by atoms with Crippen LogP contribution in [0.5, 0.6) is 0 Å². The van der Waals surface area contributed by atoms with Crippen molar-refractivity contribution >= 4 is 29.9 Å². The molecule has 21 heavy (non-hydrogen) atoms. The van der Waals surface area contributed by atoms with Gasteiger partial charge in [0, 0.05) is 13.1 Å². The molecule has 6 nitrogen and oxygen atoms in total. The first-order valence-corrected chi connectivity index (χ1v) is 7.68. The first kappa shape index (κ1) is 20.1. The minimum atomic E-state index is 0. The lowest BCUT2D eigenvalue weighted by atomic mass is 10.1. The Morgan fingerprint density at radius 2 is 1.95 bits per heavy atom. The Bertz CT molecular complexity index is 391. The van der Waals surface area contributed by atoms with E-state index in [0.29, 0.717) is 12.5 Å². The molecule has 0 radical (unpaired) electrons. The van der Waals surface area contributed by atoms with E-state index in [0.717, 1.165) is 25.3 Å². The van der Waals surface area contributed by atoms with Crippen molar-refractivity contribution < 1.29 is 0 Å². The molecular weight excluding hydrogens is 379 g/mol. The molecule has 0 aliphatic heterocycles. The summed E-state index contributed by atoms with van der Waals surface area (Å²) in [5.74, 6) is 1.33. The maximum absolute atomic E-state index is 5.83. The summed E-state index contributed by atoms with van der Waals surface area (Å²) >= 11 is 0. The summed E-state index contributed by atoms with van der Waals surface area (Å²) in [7, 11) is 0. The highest BCUT2D eigenvalue weighted by Gasteiger charge is 2.01. The van der Waals surface area contributed by atoms with Gasteiger partial charge >= 0.3 is 0 Å². The van der Waals surface area contributed by atoms with Gasteiger partial charge in [0.05, 0.1) is 0 Å². The van der Waals surface area contributed by atoms with Crippen LogP contribution in [0.4, 0.5) is 0 Å². The Morgan fingerprint density at radius 3 is 2.67 bits per heavy atom. The number of nitrogens with zero attached hydrogens (tertiary/aromatic N) is 4. The fourth-order valence-electron chi connectivity index (χ4n) is 2.00. The summed E-state index contributed by atoms with van der Waals surface area (Å²) < 4.78 is 1.96. The summed E-state index contributed by atoms with van der Waals surface area (Å²) in [6.45, 7) is 6.50. The highest BCUT2D eigenvalue weighted by atomic mass is 127. The summed E-state index contributed by atoms with van der Waals surface area (Å²) in [6, 6.07) is 0. The van der Waals surface area contributed by atoms with Gasteiger partial charge in [-0.15, -0.1) is 34.2 Å². The van der Waals surface area contributed by atoms with E-state index in [-0.39, 0.29) is 24.0 Å². The van der Waals surface area contributed by atoms with Crippen LogP contribution < -0.4 is 11.1 Å². The second-order valence-electron chi connectivity index (χ2n) is 4.93. The van der Waals surface area contributed by atoms with E-state index in [1.165, 1.54) is 32.1 Å². The molecule has 0 aliphatic rings. The highest BCUT2D eigenvalue weighted by Crippen LogP contribution is 2.04. The van der Waals surface area contributed by atoms with Gasteiger partial charge in [-0.25, -0.2) is 4.99 Å². The van der Waals surface area contributed by atoms with Crippen LogP contribution in [-0.2, 0) is 13.1 Å². The van der Waals surface area contributed by atoms with Crippen LogP contribution in [0.3, 0.4) is 0 Å². The first-order chi connectivity index (χ1) is 9.77. The van der Waals surface area contributed by atoms with Crippen LogP contribution in [0, 0.1) is 0 Å². The van der Waals surface area contributed by atoms with Crippen LogP contribution in [0.15, 0.2) is 11.3 Å². The predicted octanol–water partition coefficient (Wildman–Crippen LogP) is 2.68. The number of nitrogens with one attached hydrogen (secondary N) is 1. The number of aromatic nitrogens is 3. The molecule has 0 aliphatic carbocycles. The third kappa shape index (κ3) is 8.90. The zero-order valence-corrected chi connectivity index (χ0v) is 15.5. The van der Waals surface area contributed by atoms with E-state index in [1.54, 1.807) is 6.33 Å². The van der Waals surface area contributed by atoms with Crippen molar-refractivity contribution in [3.05, 3.63) is 12.2 Å². The second kappa shape index (κ2) is 12.8. The molecule has 0 aromatic carbocycles. The molecule has 122 valence electrons. The van der Waals surface area contributed by atoms with Crippen molar-refractivity contribution in [1.29, 1.82) is 0 Å².